The SMILES string of the molecule is C=C(C)CCN=C(NC(=O)OCc1ccccc1)NC(=O)OCc1ccccc1. The number of carbonyl (C=O) groups is 2. The van der Waals surface area contributed by atoms with Gasteiger partial charge in [-0.25, -0.2) is 9.59 Å². The molecule has 0 saturated heterocycles. The zero-order chi connectivity index (χ0) is 20.9. The van der Waals surface area contributed by atoms with Gasteiger partial charge in [-0.2, -0.15) is 0 Å². The van der Waals surface area contributed by atoms with Gasteiger partial charge in [-0.05, 0) is 24.5 Å². The molecular formula is C22H25N3O4. The Morgan fingerprint density at radius 2 is 1.31 bits per heavy atom. The van der Waals surface area contributed by atoms with Crippen LogP contribution in [0.25, 0.3) is 0 Å². The third-order valence-corrected chi connectivity index (χ3v) is 3.67. The van der Waals surface area contributed by atoms with Gasteiger partial charge >= 0.3 is 12.2 Å². The van der Waals surface area contributed by atoms with Crippen molar-refractivity contribution in [1.82, 2.24) is 10.6 Å². The van der Waals surface area contributed by atoms with Gasteiger partial charge in [-0.1, -0.05) is 66.2 Å². The Kier molecular flexibility index (Phi) is 8.95. The fourth-order valence-corrected chi connectivity index (χ4v) is 2.18. The fourth-order valence-electron chi connectivity index (χ4n) is 2.18. The van der Waals surface area contributed by atoms with Crippen molar-refractivity contribution < 1.29 is 19.1 Å². The molecule has 0 aliphatic rings. The van der Waals surface area contributed by atoms with Crippen molar-refractivity contribution in [3.05, 3.63) is 83.9 Å². The molecule has 2 rings (SSSR count). The van der Waals surface area contributed by atoms with Crippen molar-refractivity contribution in [3.8, 4) is 0 Å². The first kappa shape index (κ1) is 21.7. The van der Waals surface area contributed by atoms with Crippen LogP contribution in [0.1, 0.15) is 24.5 Å². The van der Waals surface area contributed by atoms with Gasteiger partial charge in [0, 0.05) is 6.54 Å². The molecule has 7 nitrogen and oxygen atoms in total. The van der Waals surface area contributed by atoms with Crippen LogP contribution in [-0.4, -0.2) is 24.7 Å². The maximum Gasteiger partial charge on any atom is 0.414 e. The number of guanidine groups is 1. The summed E-state index contributed by atoms with van der Waals surface area (Å²) in [5.74, 6) is -0.0395. The van der Waals surface area contributed by atoms with E-state index in [1.165, 1.54) is 0 Å². The van der Waals surface area contributed by atoms with E-state index in [4.69, 9.17) is 9.47 Å². The largest absolute Gasteiger partial charge is 0.444 e. The lowest BCUT2D eigenvalue weighted by Gasteiger charge is -2.12. The summed E-state index contributed by atoms with van der Waals surface area (Å²) in [6, 6.07) is 18.5. The van der Waals surface area contributed by atoms with Gasteiger partial charge in [-0.15, -0.1) is 6.58 Å². The Bertz CT molecular complexity index is 776. The van der Waals surface area contributed by atoms with E-state index in [0.717, 1.165) is 16.7 Å². The zero-order valence-corrected chi connectivity index (χ0v) is 16.4. The standard InChI is InChI=1S/C22H25N3O4/c1-17(2)13-14-23-20(24-21(26)28-15-18-9-5-3-6-10-18)25-22(27)29-16-19-11-7-4-8-12-19/h3-12H,1,13-16H2,2H3,(H2,23,24,25,26,27). The number of benzene rings is 2. The Morgan fingerprint density at radius 1 is 0.862 bits per heavy atom. The average Bonchev–Trinajstić information content (AvgIpc) is 2.72. The van der Waals surface area contributed by atoms with Crippen LogP contribution in [-0.2, 0) is 22.7 Å². The second-order valence-corrected chi connectivity index (χ2v) is 6.31. The lowest BCUT2D eigenvalue weighted by molar-refractivity contribution is 0.141. The van der Waals surface area contributed by atoms with Gasteiger partial charge in [-0.3, -0.25) is 15.6 Å². The second-order valence-electron chi connectivity index (χ2n) is 6.31. The Morgan fingerprint density at radius 3 is 1.72 bits per heavy atom. The molecule has 152 valence electrons. The summed E-state index contributed by atoms with van der Waals surface area (Å²) in [6.45, 7) is 6.23. The van der Waals surface area contributed by atoms with Crippen molar-refractivity contribution in [2.24, 2.45) is 4.99 Å². The number of amides is 2. The quantitative estimate of drug-likeness (QED) is 0.418. The molecule has 0 fully saturated rings. The number of nitrogens with zero attached hydrogens (tertiary/aromatic N) is 1. The molecule has 2 amide bonds. The molecule has 0 aliphatic carbocycles. The minimum Gasteiger partial charge on any atom is -0.444 e. The Balaban J connectivity index is 1.88. The minimum atomic E-state index is -0.730. The number of carbonyl (C=O) groups excluding carboxylic acids is 2. The molecule has 0 heterocycles. The molecule has 7 heteroatoms. The zero-order valence-electron chi connectivity index (χ0n) is 16.4. The monoisotopic (exact) mass is 395 g/mol. The number of alkyl carbamates (subject to hydrolysis) is 2. The molecule has 0 atom stereocenters. The number of rotatable bonds is 7. The van der Waals surface area contributed by atoms with Gasteiger partial charge in [0.25, 0.3) is 0 Å². The van der Waals surface area contributed by atoms with Gasteiger partial charge in [0.2, 0.25) is 5.96 Å². The Hall–Kier alpha value is -3.61. The maximum atomic E-state index is 12.1. The number of nitrogens with one attached hydrogen (secondary N) is 2. The molecular weight excluding hydrogens is 370 g/mol. The van der Waals surface area contributed by atoms with Crippen molar-refractivity contribution in [2.45, 2.75) is 26.6 Å². The van der Waals surface area contributed by atoms with E-state index >= 15 is 0 Å². The normalized spacial score (nSPS) is 9.83. The first-order valence-electron chi connectivity index (χ1n) is 9.17. The van der Waals surface area contributed by atoms with Crippen molar-refractivity contribution in [2.75, 3.05) is 6.54 Å². The summed E-state index contributed by atoms with van der Waals surface area (Å²) in [4.78, 5) is 28.3. The van der Waals surface area contributed by atoms with Crippen LogP contribution in [0.2, 0.25) is 0 Å². The maximum absolute atomic E-state index is 12.1. The Labute approximate surface area is 170 Å². The van der Waals surface area contributed by atoms with E-state index in [9.17, 15) is 9.59 Å². The number of hydrogen-bond donors (Lipinski definition) is 2. The molecule has 2 aromatic rings. The molecule has 29 heavy (non-hydrogen) atoms. The number of aliphatic imine (C=N–C) groups is 1. The van der Waals surface area contributed by atoms with Crippen LogP contribution < -0.4 is 10.6 Å². The van der Waals surface area contributed by atoms with Crippen molar-refractivity contribution in [1.29, 1.82) is 0 Å². The first-order valence-corrected chi connectivity index (χ1v) is 9.17. The van der Waals surface area contributed by atoms with Crippen molar-refractivity contribution in [3.63, 3.8) is 0 Å². The minimum absolute atomic E-state index is 0.0395. The van der Waals surface area contributed by atoms with Crippen LogP contribution in [0.5, 0.6) is 0 Å². The van der Waals surface area contributed by atoms with Gasteiger partial charge in [0.1, 0.15) is 13.2 Å². The number of hydrogen-bond acceptors (Lipinski definition) is 5. The van der Waals surface area contributed by atoms with E-state index in [1.807, 2.05) is 67.6 Å². The third-order valence-electron chi connectivity index (χ3n) is 3.67. The number of ether oxygens (including phenoxy) is 2. The summed E-state index contributed by atoms with van der Waals surface area (Å²) in [6.07, 6.45) is -0.845. The third kappa shape index (κ3) is 9.23. The molecule has 0 spiro atoms. The van der Waals surface area contributed by atoms with E-state index < -0.39 is 12.2 Å². The van der Waals surface area contributed by atoms with Crippen LogP contribution in [0, 0.1) is 0 Å². The van der Waals surface area contributed by atoms with E-state index in [2.05, 4.69) is 22.2 Å². The first-order chi connectivity index (χ1) is 14.0. The van der Waals surface area contributed by atoms with E-state index in [1.54, 1.807) is 0 Å². The predicted octanol–water partition coefficient (Wildman–Crippen LogP) is 4.16. The molecule has 2 aromatic carbocycles. The molecule has 0 saturated carbocycles. The van der Waals surface area contributed by atoms with Gasteiger partial charge in [0.05, 0.1) is 0 Å². The summed E-state index contributed by atoms with van der Waals surface area (Å²) < 4.78 is 10.3. The topological polar surface area (TPSA) is 89.0 Å². The lowest BCUT2D eigenvalue weighted by atomic mass is 10.2. The lowest BCUT2D eigenvalue weighted by Crippen LogP contribution is -2.44. The molecule has 0 aromatic heterocycles. The summed E-state index contributed by atoms with van der Waals surface area (Å²) in [7, 11) is 0. The predicted molar refractivity (Wildman–Crippen MR) is 111 cm³/mol. The van der Waals surface area contributed by atoms with Crippen molar-refractivity contribution >= 4 is 18.1 Å². The summed E-state index contributed by atoms with van der Waals surface area (Å²) in [5.41, 5.74) is 2.63. The highest BCUT2D eigenvalue weighted by molar-refractivity contribution is 6.01. The smallest absolute Gasteiger partial charge is 0.414 e. The van der Waals surface area contributed by atoms with Crippen LogP contribution >= 0.6 is 0 Å². The highest BCUT2D eigenvalue weighted by Gasteiger charge is 2.12. The summed E-state index contributed by atoms with van der Waals surface area (Å²) >= 11 is 0. The average molecular weight is 395 g/mol. The molecule has 0 bridgehead atoms. The van der Waals surface area contributed by atoms with Gasteiger partial charge in [0.15, 0.2) is 0 Å². The van der Waals surface area contributed by atoms with Crippen LogP contribution in [0.3, 0.4) is 0 Å². The molecule has 2 N–H and O–H groups in total. The second kappa shape index (κ2) is 12.0. The molecule has 0 unspecified atom stereocenters. The fraction of sp³-hybridized carbons (Fsp3) is 0.227. The van der Waals surface area contributed by atoms with Crippen LogP contribution in [0.15, 0.2) is 77.8 Å². The van der Waals surface area contributed by atoms with E-state index in [0.29, 0.717) is 13.0 Å². The van der Waals surface area contributed by atoms with Gasteiger partial charge < -0.3 is 9.47 Å². The summed E-state index contributed by atoms with van der Waals surface area (Å²) in [5, 5.41) is 4.87. The molecule has 0 aliphatic heterocycles. The molecule has 0 radical (unpaired) electrons. The highest BCUT2D eigenvalue weighted by Crippen LogP contribution is 2.02. The van der Waals surface area contributed by atoms with E-state index in [-0.39, 0.29) is 19.2 Å². The highest BCUT2D eigenvalue weighted by atomic mass is 16.6. The van der Waals surface area contributed by atoms with Crippen LogP contribution in [0.4, 0.5) is 9.59 Å².